The summed E-state index contributed by atoms with van der Waals surface area (Å²) in [6, 6.07) is 26.1. The molecule has 2 aliphatic heterocycles. The number of ether oxygens (including phenoxy) is 2. The second kappa shape index (κ2) is 13.8. The van der Waals surface area contributed by atoms with Gasteiger partial charge in [-0.15, -0.1) is 0 Å². The third-order valence-electron chi connectivity index (χ3n) is 8.22. The molecule has 1 N–H and O–H groups in total. The molecule has 2 saturated heterocycles. The molecule has 41 heavy (non-hydrogen) atoms. The van der Waals surface area contributed by atoms with E-state index in [-0.39, 0.29) is 25.0 Å². The second-order valence-corrected chi connectivity index (χ2v) is 11.1. The van der Waals surface area contributed by atoms with Crippen LogP contribution in [0.15, 0.2) is 84.9 Å². The van der Waals surface area contributed by atoms with E-state index in [1.165, 1.54) is 5.56 Å². The van der Waals surface area contributed by atoms with Gasteiger partial charge < -0.3 is 19.5 Å². The van der Waals surface area contributed by atoms with Crippen molar-refractivity contribution in [3.05, 3.63) is 102 Å². The lowest BCUT2D eigenvalue weighted by molar-refractivity contribution is -0.164. The van der Waals surface area contributed by atoms with Crippen molar-refractivity contribution >= 4 is 11.9 Å². The van der Waals surface area contributed by atoms with Crippen LogP contribution < -0.4 is 4.74 Å². The van der Waals surface area contributed by atoms with Crippen molar-refractivity contribution in [3.63, 3.8) is 0 Å². The molecule has 0 unspecified atom stereocenters. The molecule has 0 bridgehead atoms. The summed E-state index contributed by atoms with van der Waals surface area (Å²) in [6.45, 7) is 4.49. The fourth-order valence-electron chi connectivity index (χ4n) is 5.72. The van der Waals surface area contributed by atoms with Gasteiger partial charge in [0, 0.05) is 25.2 Å². The number of rotatable bonds is 10. The van der Waals surface area contributed by atoms with Crippen molar-refractivity contribution < 1.29 is 24.2 Å². The van der Waals surface area contributed by atoms with Crippen LogP contribution in [0.5, 0.6) is 5.75 Å². The second-order valence-electron chi connectivity index (χ2n) is 11.1. The minimum absolute atomic E-state index is 0.0531. The lowest BCUT2D eigenvalue weighted by Crippen LogP contribution is -2.40. The lowest BCUT2D eigenvalue weighted by atomic mass is 9.86. The van der Waals surface area contributed by atoms with Crippen LogP contribution in [0.1, 0.15) is 48.8 Å². The monoisotopic (exact) mass is 556 g/mol. The quantitative estimate of drug-likeness (QED) is 0.363. The third kappa shape index (κ3) is 7.34. The third-order valence-corrected chi connectivity index (χ3v) is 8.22. The Bertz CT molecular complexity index is 1270. The number of aliphatic hydroxyl groups is 1. The molecule has 0 aromatic heterocycles. The van der Waals surface area contributed by atoms with Gasteiger partial charge >= 0.3 is 5.97 Å². The molecule has 3 aromatic rings. The molecule has 2 fully saturated rings. The van der Waals surface area contributed by atoms with E-state index in [0.717, 1.165) is 64.8 Å². The number of carbonyl (C=O) groups is 2. The van der Waals surface area contributed by atoms with Gasteiger partial charge in [0.05, 0.1) is 6.61 Å². The Balaban J connectivity index is 1.22. The van der Waals surface area contributed by atoms with E-state index in [0.29, 0.717) is 16.9 Å². The van der Waals surface area contributed by atoms with Gasteiger partial charge in [-0.05, 0) is 74.4 Å². The summed E-state index contributed by atoms with van der Waals surface area (Å²) in [6.07, 6.45) is 5.03. The Morgan fingerprint density at radius 1 is 0.805 bits per heavy atom. The first kappa shape index (κ1) is 28.8. The van der Waals surface area contributed by atoms with E-state index in [9.17, 15) is 14.7 Å². The zero-order chi connectivity index (χ0) is 28.5. The molecule has 7 heteroatoms. The van der Waals surface area contributed by atoms with Crippen LogP contribution in [0, 0.1) is 5.92 Å². The van der Waals surface area contributed by atoms with Crippen LogP contribution in [0.4, 0.5) is 0 Å². The van der Waals surface area contributed by atoms with Crippen molar-refractivity contribution in [1.82, 2.24) is 9.80 Å². The highest BCUT2D eigenvalue weighted by atomic mass is 16.5. The molecule has 2 aliphatic rings. The molecular weight excluding hydrogens is 516 g/mol. The summed E-state index contributed by atoms with van der Waals surface area (Å²) in [7, 11) is 0. The van der Waals surface area contributed by atoms with Gasteiger partial charge in [-0.25, -0.2) is 4.79 Å². The first-order valence-corrected chi connectivity index (χ1v) is 14.7. The first-order chi connectivity index (χ1) is 20.0. The van der Waals surface area contributed by atoms with E-state index >= 15 is 0 Å². The van der Waals surface area contributed by atoms with Crippen molar-refractivity contribution in [2.24, 2.45) is 5.92 Å². The highest BCUT2D eigenvalue weighted by molar-refractivity contribution is 5.85. The topological polar surface area (TPSA) is 79.3 Å². The Labute approximate surface area is 242 Å². The van der Waals surface area contributed by atoms with E-state index < -0.39 is 11.6 Å². The van der Waals surface area contributed by atoms with Crippen molar-refractivity contribution in [1.29, 1.82) is 0 Å². The summed E-state index contributed by atoms with van der Waals surface area (Å²) in [5.74, 6) is -0.109. The van der Waals surface area contributed by atoms with Crippen LogP contribution in [0.25, 0.3) is 0 Å². The van der Waals surface area contributed by atoms with Crippen molar-refractivity contribution in [3.8, 4) is 5.75 Å². The number of esters is 1. The van der Waals surface area contributed by atoms with Crippen LogP contribution in [0.2, 0.25) is 0 Å². The number of likely N-dealkylation sites (tertiary alicyclic amines) is 2. The first-order valence-electron chi connectivity index (χ1n) is 14.7. The predicted molar refractivity (Wildman–Crippen MR) is 157 cm³/mol. The van der Waals surface area contributed by atoms with Gasteiger partial charge in [0.1, 0.15) is 5.75 Å². The average molecular weight is 557 g/mol. The van der Waals surface area contributed by atoms with Crippen molar-refractivity contribution in [2.45, 2.75) is 44.2 Å². The van der Waals surface area contributed by atoms with Gasteiger partial charge in [-0.1, -0.05) is 72.8 Å². The number of benzene rings is 3. The number of hydrogen-bond donors (Lipinski definition) is 1. The van der Waals surface area contributed by atoms with Gasteiger partial charge in [0.2, 0.25) is 5.60 Å². The Morgan fingerprint density at radius 2 is 1.46 bits per heavy atom. The van der Waals surface area contributed by atoms with Gasteiger partial charge in [0.15, 0.2) is 6.61 Å². The van der Waals surface area contributed by atoms with Gasteiger partial charge in [-0.3, -0.25) is 9.69 Å². The normalized spacial score (nSPS) is 17.9. The number of amides is 1. The number of carbonyl (C=O) groups excluding carboxylic acids is 2. The molecule has 0 radical (unpaired) electrons. The smallest absolute Gasteiger partial charge is 0.347 e. The zero-order valence-electron chi connectivity index (χ0n) is 23.6. The molecule has 216 valence electrons. The molecule has 7 nitrogen and oxygen atoms in total. The van der Waals surface area contributed by atoms with Gasteiger partial charge in [-0.2, -0.15) is 0 Å². The van der Waals surface area contributed by atoms with Crippen LogP contribution >= 0.6 is 0 Å². The van der Waals surface area contributed by atoms with Crippen molar-refractivity contribution in [2.75, 3.05) is 39.4 Å². The summed E-state index contributed by atoms with van der Waals surface area (Å²) >= 11 is 0. The average Bonchev–Trinajstić information content (AvgIpc) is 3.04. The van der Waals surface area contributed by atoms with Crippen LogP contribution in [-0.4, -0.2) is 66.2 Å². The minimum atomic E-state index is -2.01. The minimum Gasteiger partial charge on any atom is -0.484 e. The Hall–Kier alpha value is -3.68. The molecule has 1 atom stereocenters. The highest BCUT2D eigenvalue weighted by Gasteiger charge is 2.42. The molecule has 0 aliphatic carbocycles. The van der Waals surface area contributed by atoms with Crippen LogP contribution in [0.3, 0.4) is 0 Å². The standard InChI is InChI=1S/C34H40N2O5/c37-32(36-19-8-3-9-20-36)26-40-31-16-10-15-30(23-31)34(39,29-13-6-2-7-14-29)33(38)41-25-28-17-21-35(22-18-28)24-27-11-4-1-5-12-27/h1-2,4-7,10-16,23,28,39H,3,8-9,17-22,24-26H2/t34-/m0/s1. The fraction of sp³-hybridized carbons (Fsp3) is 0.412. The number of hydrogen-bond acceptors (Lipinski definition) is 6. The van der Waals surface area contributed by atoms with Crippen LogP contribution in [-0.2, 0) is 26.5 Å². The van der Waals surface area contributed by atoms with E-state index in [1.54, 1.807) is 48.5 Å². The SMILES string of the molecule is O=C(COc1cccc([C@](O)(C(=O)OCC2CCN(Cc3ccccc3)CC2)c2ccccc2)c1)N1CCCCC1. The number of piperidine rings is 2. The van der Waals surface area contributed by atoms with E-state index in [2.05, 4.69) is 29.2 Å². The summed E-state index contributed by atoms with van der Waals surface area (Å²) < 4.78 is 11.6. The molecule has 0 spiro atoms. The molecule has 0 saturated carbocycles. The maximum Gasteiger partial charge on any atom is 0.347 e. The maximum atomic E-state index is 13.6. The van der Waals surface area contributed by atoms with Gasteiger partial charge in [0.25, 0.3) is 5.91 Å². The molecular formula is C34H40N2O5. The maximum absolute atomic E-state index is 13.6. The number of nitrogens with zero attached hydrogens (tertiary/aromatic N) is 2. The van der Waals surface area contributed by atoms with E-state index in [1.807, 2.05) is 17.0 Å². The summed E-state index contributed by atoms with van der Waals surface area (Å²) in [5.41, 5.74) is 0.0526. The largest absolute Gasteiger partial charge is 0.484 e. The molecule has 2 heterocycles. The Kier molecular flexibility index (Phi) is 9.70. The van der Waals surface area contributed by atoms with E-state index in [4.69, 9.17) is 9.47 Å². The summed E-state index contributed by atoms with van der Waals surface area (Å²) in [5, 5.41) is 12.0. The molecule has 5 rings (SSSR count). The summed E-state index contributed by atoms with van der Waals surface area (Å²) in [4.78, 5) is 30.5. The lowest BCUT2D eigenvalue weighted by Gasteiger charge is -2.33. The Morgan fingerprint density at radius 3 is 2.17 bits per heavy atom. The zero-order valence-corrected chi connectivity index (χ0v) is 23.6. The predicted octanol–water partition coefficient (Wildman–Crippen LogP) is 4.77. The molecule has 1 amide bonds. The molecule has 3 aromatic carbocycles. The highest BCUT2D eigenvalue weighted by Crippen LogP contribution is 2.34. The fourth-order valence-corrected chi connectivity index (χ4v) is 5.72.